The molecule has 0 spiro atoms. The number of nitrogens with zero attached hydrogens (tertiary/aromatic N) is 1. The fourth-order valence-electron chi connectivity index (χ4n) is 1.46. The van der Waals surface area contributed by atoms with E-state index in [1.807, 2.05) is 0 Å². The van der Waals surface area contributed by atoms with Crippen LogP contribution in [0.15, 0.2) is 0 Å². The molecule has 0 unspecified atom stereocenters. The second-order valence-corrected chi connectivity index (χ2v) is 3.03. The van der Waals surface area contributed by atoms with E-state index in [1.165, 1.54) is 0 Å². The second kappa shape index (κ2) is 3.91. The average molecular weight is 145 g/mol. The van der Waals surface area contributed by atoms with Crippen molar-refractivity contribution >= 4 is 0 Å². The highest BCUT2D eigenvalue weighted by Gasteiger charge is 2.16. The molecule has 0 N–H and O–H groups in total. The van der Waals surface area contributed by atoms with E-state index < -0.39 is 0 Å². The van der Waals surface area contributed by atoms with Crippen LogP contribution in [0.5, 0.6) is 0 Å². The highest BCUT2D eigenvalue weighted by molar-refractivity contribution is 4.70. The maximum absolute atomic E-state index is 12.1. The summed E-state index contributed by atoms with van der Waals surface area (Å²) < 4.78 is 12.1. The first-order valence-corrected chi connectivity index (χ1v) is 4.15. The third-order valence-corrected chi connectivity index (χ3v) is 2.37. The summed E-state index contributed by atoms with van der Waals surface area (Å²) in [6.07, 6.45) is 2.12. The number of rotatable bonds is 2. The number of alkyl halides is 1. The molecule has 0 aliphatic carbocycles. The summed E-state index contributed by atoms with van der Waals surface area (Å²) in [6, 6.07) is 0. The molecule has 0 aromatic carbocycles. The maximum atomic E-state index is 12.1. The van der Waals surface area contributed by atoms with Gasteiger partial charge in [0, 0.05) is 0 Å². The third-order valence-electron chi connectivity index (χ3n) is 2.37. The highest BCUT2D eigenvalue weighted by atomic mass is 19.1. The van der Waals surface area contributed by atoms with Crippen molar-refractivity contribution in [3.8, 4) is 0 Å². The van der Waals surface area contributed by atoms with Crippen LogP contribution in [-0.2, 0) is 0 Å². The van der Waals surface area contributed by atoms with Gasteiger partial charge in [0.2, 0.25) is 0 Å². The SMILES string of the molecule is CCN1CCC(CF)CC1. The molecule has 0 aromatic heterocycles. The molecule has 1 nitrogen and oxygen atoms in total. The minimum Gasteiger partial charge on any atom is -0.304 e. The van der Waals surface area contributed by atoms with Gasteiger partial charge in [0.25, 0.3) is 0 Å². The van der Waals surface area contributed by atoms with Crippen LogP contribution < -0.4 is 0 Å². The molecule has 1 fully saturated rings. The maximum Gasteiger partial charge on any atom is 0.0923 e. The smallest absolute Gasteiger partial charge is 0.0923 e. The molecule has 1 aliphatic rings. The molecule has 10 heavy (non-hydrogen) atoms. The standard InChI is InChI=1S/C8H16FN/c1-2-10-5-3-8(7-9)4-6-10/h8H,2-7H2,1H3. The Morgan fingerprint density at radius 1 is 1.40 bits per heavy atom. The number of hydrogen-bond acceptors (Lipinski definition) is 1. The van der Waals surface area contributed by atoms with Crippen molar-refractivity contribution in [3.05, 3.63) is 0 Å². The molecule has 60 valence electrons. The van der Waals surface area contributed by atoms with Crippen LogP contribution in [0, 0.1) is 5.92 Å². The van der Waals surface area contributed by atoms with Crippen LogP contribution in [0.25, 0.3) is 0 Å². The minimum absolute atomic E-state index is 0.114. The Morgan fingerprint density at radius 2 is 2.00 bits per heavy atom. The van der Waals surface area contributed by atoms with Gasteiger partial charge in [0.05, 0.1) is 6.67 Å². The zero-order valence-corrected chi connectivity index (χ0v) is 6.65. The Bertz CT molecular complexity index is 75.3. The summed E-state index contributed by atoms with van der Waals surface area (Å²) in [4.78, 5) is 2.38. The Hall–Kier alpha value is -0.110. The first kappa shape index (κ1) is 7.99. The fraction of sp³-hybridized carbons (Fsp3) is 1.00. The van der Waals surface area contributed by atoms with Crippen LogP contribution in [0.2, 0.25) is 0 Å². The highest BCUT2D eigenvalue weighted by Crippen LogP contribution is 2.16. The Labute approximate surface area is 62.2 Å². The van der Waals surface area contributed by atoms with Gasteiger partial charge >= 0.3 is 0 Å². The Morgan fingerprint density at radius 3 is 2.40 bits per heavy atom. The van der Waals surface area contributed by atoms with Crippen LogP contribution in [-0.4, -0.2) is 31.2 Å². The van der Waals surface area contributed by atoms with Gasteiger partial charge in [-0.05, 0) is 38.4 Å². The lowest BCUT2D eigenvalue weighted by atomic mass is 9.99. The molecule has 0 saturated carbocycles. The fourth-order valence-corrected chi connectivity index (χ4v) is 1.46. The topological polar surface area (TPSA) is 3.24 Å². The van der Waals surface area contributed by atoms with E-state index in [0.717, 1.165) is 32.5 Å². The monoisotopic (exact) mass is 145 g/mol. The first-order chi connectivity index (χ1) is 4.86. The van der Waals surface area contributed by atoms with Gasteiger partial charge in [-0.15, -0.1) is 0 Å². The van der Waals surface area contributed by atoms with E-state index in [0.29, 0.717) is 5.92 Å². The molecule has 1 aliphatic heterocycles. The van der Waals surface area contributed by atoms with E-state index in [1.54, 1.807) is 0 Å². The zero-order valence-electron chi connectivity index (χ0n) is 6.65. The van der Waals surface area contributed by atoms with E-state index in [4.69, 9.17) is 0 Å². The van der Waals surface area contributed by atoms with Gasteiger partial charge < -0.3 is 4.90 Å². The van der Waals surface area contributed by atoms with E-state index in [-0.39, 0.29) is 6.67 Å². The van der Waals surface area contributed by atoms with Gasteiger partial charge in [-0.3, -0.25) is 4.39 Å². The van der Waals surface area contributed by atoms with Crippen LogP contribution in [0.1, 0.15) is 19.8 Å². The largest absolute Gasteiger partial charge is 0.304 e. The van der Waals surface area contributed by atoms with Crippen LogP contribution in [0.3, 0.4) is 0 Å². The molecule has 0 radical (unpaired) electrons. The second-order valence-electron chi connectivity index (χ2n) is 3.03. The lowest BCUT2D eigenvalue weighted by Gasteiger charge is -2.29. The summed E-state index contributed by atoms with van der Waals surface area (Å²) in [5.41, 5.74) is 0. The zero-order chi connectivity index (χ0) is 7.40. The molecule has 1 rings (SSSR count). The average Bonchev–Trinajstić information content (AvgIpc) is 2.05. The molecule has 0 amide bonds. The molecular weight excluding hydrogens is 129 g/mol. The van der Waals surface area contributed by atoms with Gasteiger partial charge in [0.1, 0.15) is 0 Å². The predicted octanol–water partition coefficient (Wildman–Crippen LogP) is 1.69. The molecule has 1 saturated heterocycles. The van der Waals surface area contributed by atoms with E-state index >= 15 is 0 Å². The number of halogens is 1. The minimum atomic E-state index is -0.114. The number of likely N-dealkylation sites (tertiary alicyclic amines) is 1. The van der Waals surface area contributed by atoms with E-state index in [9.17, 15) is 4.39 Å². The molecule has 0 aromatic rings. The lowest BCUT2D eigenvalue weighted by molar-refractivity contribution is 0.172. The summed E-state index contributed by atoms with van der Waals surface area (Å²) in [5, 5.41) is 0. The van der Waals surface area contributed by atoms with Crippen molar-refractivity contribution in [2.75, 3.05) is 26.3 Å². The summed E-state index contributed by atoms with van der Waals surface area (Å²) in [7, 11) is 0. The molecular formula is C8H16FN. The summed E-state index contributed by atoms with van der Waals surface area (Å²) in [6.45, 7) is 5.38. The van der Waals surface area contributed by atoms with Crippen molar-refractivity contribution in [1.82, 2.24) is 4.90 Å². The predicted molar refractivity (Wildman–Crippen MR) is 40.8 cm³/mol. The van der Waals surface area contributed by atoms with Gasteiger partial charge in [-0.25, -0.2) is 0 Å². The Balaban J connectivity index is 2.17. The molecule has 0 bridgehead atoms. The lowest BCUT2D eigenvalue weighted by Crippen LogP contribution is -2.33. The third kappa shape index (κ3) is 1.94. The van der Waals surface area contributed by atoms with Crippen molar-refractivity contribution in [3.63, 3.8) is 0 Å². The van der Waals surface area contributed by atoms with Crippen molar-refractivity contribution < 1.29 is 4.39 Å². The van der Waals surface area contributed by atoms with Crippen molar-refractivity contribution in [2.24, 2.45) is 5.92 Å². The van der Waals surface area contributed by atoms with E-state index in [2.05, 4.69) is 11.8 Å². The Kier molecular flexibility index (Phi) is 3.13. The van der Waals surface area contributed by atoms with Gasteiger partial charge in [-0.2, -0.15) is 0 Å². The number of hydrogen-bond donors (Lipinski definition) is 0. The first-order valence-electron chi connectivity index (χ1n) is 4.15. The molecule has 0 atom stereocenters. The van der Waals surface area contributed by atoms with Crippen molar-refractivity contribution in [1.29, 1.82) is 0 Å². The quantitative estimate of drug-likeness (QED) is 0.571. The van der Waals surface area contributed by atoms with Gasteiger partial charge in [0.15, 0.2) is 0 Å². The molecule has 1 heterocycles. The van der Waals surface area contributed by atoms with Gasteiger partial charge in [-0.1, -0.05) is 6.92 Å². The van der Waals surface area contributed by atoms with Crippen LogP contribution >= 0.6 is 0 Å². The molecule has 2 heteroatoms. The summed E-state index contributed by atoms with van der Waals surface area (Å²) in [5.74, 6) is 0.364. The number of piperidine rings is 1. The normalized spacial score (nSPS) is 23.4. The summed E-state index contributed by atoms with van der Waals surface area (Å²) >= 11 is 0. The van der Waals surface area contributed by atoms with Crippen molar-refractivity contribution in [2.45, 2.75) is 19.8 Å². The van der Waals surface area contributed by atoms with Crippen LogP contribution in [0.4, 0.5) is 4.39 Å².